The number of esters is 2. The Morgan fingerprint density at radius 3 is 2.24 bits per heavy atom. The van der Waals surface area contributed by atoms with E-state index in [9.17, 15) is 9.59 Å². The topological polar surface area (TPSA) is 71.1 Å². The monoisotopic (exact) mass is 490 g/mol. The highest BCUT2D eigenvalue weighted by molar-refractivity contribution is 6.74. The first-order chi connectivity index (χ1) is 15.7. The summed E-state index contributed by atoms with van der Waals surface area (Å²) in [6, 6.07) is 9.93. The molecule has 0 N–H and O–H groups in total. The van der Waals surface area contributed by atoms with Gasteiger partial charge in [0.05, 0.1) is 18.8 Å². The molecule has 0 amide bonds. The normalized spacial score (nSPS) is 27.6. The molecule has 1 aliphatic rings. The Morgan fingerprint density at radius 1 is 1.12 bits per heavy atom. The van der Waals surface area contributed by atoms with Crippen LogP contribution in [0.1, 0.15) is 53.5 Å². The van der Waals surface area contributed by atoms with Gasteiger partial charge in [0, 0.05) is 19.8 Å². The third kappa shape index (κ3) is 6.80. The van der Waals surface area contributed by atoms with Crippen LogP contribution < -0.4 is 0 Å². The molecule has 1 aliphatic carbocycles. The molecule has 1 aromatic carbocycles. The number of carbonyl (C=O) groups excluding carboxylic acids is 2. The van der Waals surface area contributed by atoms with Gasteiger partial charge >= 0.3 is 11.9 Å². The zero-order valence-electron chi connectivity index (χ0n) is 22.1. The van der Waals surface area contributed by atoms with E-state index in [0.717, 1.165) is 5.56 Å². The fraction of sp³-hybridized carbons (Fsp3) is 0.630. The van der Waals surface area contributed by atoms with Crippen LogP contribution in [0.5, 0.6) is 0 Å². The first-order valence-electron chi connectivity index (χ1n) is 12.0. The minimum atomic E-state index is -2.15. The SMILES string of the molecule is C=C[C@H]1[C@@H](OCc2ccccc2)[C@H](O[Si](C)(C)C(C)(C)C)[C@H](C)C[C@@]1(COC(C)=O)OC(C)=O. The number of ether oxygens (including phenoxy) is 3. The van der Waals surface area contributed by atoms with Crippen LogP contribution in [0.4, 0.5) is 0 Å². The van der Waals surface area contributed by atoms with Crippen molar-refractivity contribution in [3.63, 3.8) is 0 Å². The summed E-state index contributed by atoms with van der Waals surface area (Å²) in [5.74, 6) is -1.30. The van der Waals surface area contributed by atoms with Crippen molar-refractivity contribution in [2.75, 3.05) is 6.61 Å². The average Bonchev–Trinajstić information content (AvgIpc) is 2.72. The Bertz CT molecular complexity index is 846. The van der Waals surface area contributed by atoms with Crippen LogP contribution in [-0.4, -0.2) is 44.7 Å². The predicted molar refractivity (Wildman–Crippen MR) is 136 cm³/mol. The van der Waals surface area contributed by atoms with Gasteiger partial charge in [-0.25, -0.2) is 0 Å². The van der Waals surface area contributed by atoms with Gasteiger partial charge < -0.3 is 18.6 Å². The Labute approximate surface area is 206 Å². The number of carbonyl (C=O) groups is 2. The smallest absolute Gasteiger partial charge is 0.303 e. The van der Waals surface area contributed by atoms with Gasteiger partial charge in [-0.15, -0.1) is 6.58 Å². The number of benzene rings is 1. The number of hydrogen-bond donors (Lipinski definition) is 0. The van der Waals surface area contributed by atoms with Gasteiger partial charge in [-0.05, 0) is 36.0 Å². The summed E-state index contributed by atoms with van der Waals surface area (Å²) in [6.07, 6.45) is 1.57. The van der Waals surface area contributed by atoms with Crippen molar-refractivity contribution in [2.45, 2.75) is 90.5 Å². The summed E-state index contributed by atoms with van der Waals surface area (Å²) in [4.78, 5) is 23.9. The van der Waals surface area contributed by atoms with Crippen LogP contribution in [0.2, 0.25) is 18.1 Å². The molecule has 2 rings (SSSR count). The molecule has 0 saturated heterocycles. The molecular weight excluding hydrogens is 448 g/mol. The van der Waals surface area contributed by atoms with E-state index >= 15 is 0 Å². The highest BCUT2D eigenvalue weighted by Gasteiger charge is 2.56. The van der Waals surface area contributed by atoms with Crippen molar-refractivity contribution in [2.24, 2.45) is 11.8 Å². The molecule has 7 heteroatoms. The summed E-state index contributed by atoms with van der Waals surface area (Å²) < 4.78 is 24.8. The summed E-state index contributed by atoms with van der Waals surface area (Å²) in [5.41, 5.74) is -0.0412. The zero-order chi connectivity index (χ0) is 25.7. The number of hydrogen-bond acceptors (Lipinski definition) is 6. The molecular formula is C27H42O6Si. The standard InChI is InChI=1S/C27H42O6Si/c1-10-23-25(30-17-22-14-12-11-13-15-22)24(33-34(8,9)26(5,6)7)19(2)16-27(23,32-21(4)29)18-31-20(3)28/h10-15,19,23-25H,1,16-18H2,2-9H3/t19-,23+,24-,25-,27+/m1/s1. The Morgan fingerprint density at radius 2 is 1.74 bits per heavy atom. The maximum absolute atomic E-state index is 12.2. The van der Waals surface area contributed by atoms with Crippen molar-refractivity contribution >= 4 is 20.3 Å². The van der Waals surface area contributed by atoms with E-state index in [1.165, 1.54) is 13.8 Å². The van der Waals surface area contributed by atoms with Gasteiger partial charge in [0.25, 0.3) is 0 Å². The Balaban J connectivity index is 2.50. The third-order valence-corrected chi connectivity index (χ3v) is 11.6. The minimum Gasteiger partial charge on any atom is -0.462 e. The van der Waals surface area contributed by atoms with Gasteiger partial charge in [0.1, 0.15) is 6.61 Å². The lowest BCUT2D eigenvalue weighted by molar-refractivity contribution is -0.214. The van der Waals surface area contributed by atoms with Crippen LogP contribution in [0.15, 0.2) is 43.0 Å². The fourth-order valence-electron chi connectivity index (χ4n) is 4.44. The molecule has 0 aromatic heterocycles. The Hall–Kier alpha value is -1.96. The van der Waals surface area contributed by atoms with Crippen LogP contribution >= 0.6 is 0 Å². The van der Waals surface area contributed by atoms with Crippen molar-refractivity contribution in [1.82, 2.24) is 0 Å². The zero-order valence-corrected chi connectivity index (χ0v) is 23.1. The van der Waals surface area contributed by atoms with Crippen molar-refractivity contribution in [3.05, 3.63) is 48.6 Å². The lowest BCUT2D eigenvalue weighted by atomic mass is 9.68. The highest BCUT2D eigenvalue weighted by Crippen LogP contribution is 2.47. The highest BCUT2D eigenvalue weighted by atomic mass is 28.4. The maximum atomic E-state index is 12.2. The van der Waals surface area contributed by atoms with E-state index < -0.39 is 37.9 Å². The van der Waals surface area contributed by atoms with E-state index in [1.807, 2.05) is 30.3 Å². The molecule has 190 valence electrons. The van der Waals surface area contributed by atoms with Gasteiger partial charge in [-0.3, -0.25) is 9.59 Å². The fourth-order valence-corrected chi connectivity index (χ4v) is 5.84. The molecule has 1 fully saturated rings. The molecule has 0 heterocycles. The minimum absolute atomic E-state index is 0.0130. The van der Waals surface area contributed by atoms with E-state index in [4.69, 9.17) is 18.6 Å². The summed E-state index contributed by atoms with van der Waals surface area (Å²) >= 11 is 0. The molecule has 0 aliphatic heterocycles. The molecule has 34 heavy (non-hydrogen) atoms. The average molecular weight is 491 g/mol. The van der Waals surface area contributed by atoms with Gasteiger partial charge in [0.15, 0.2) is 13.9 Å². The summed E-state index contributed by atoms with van der Waals surface area (Å²) in [7, 11) is -2.15. The molecule has 0 spiro atoms. The second-order valence-electron chi connectivity index (χ2n) is 11.0. The second-order valence-corrected chi connectivity index (χ2v) is 15.7. The summed E-state index contributed by atoms with van der Waals surface area (Å²) in [5, 5.41) is 0.0164. The van der Waals surface area contributed by atoms with Crippen LogP contribution in [-0.2, 0) is 34.8 Å². The first kappa shape index (κ1) is 28.3. The third-order valence-electron chi connectivity index (χ3n) is 7.16. The maximum Gasteiger partial charge on any atom is 0.303 e. The van der Waals surface area contributed by atoms with Crippen molar-refractivity contribution in [3.8, 4) is 0 Å². The molecule has 0 radical (unpaired) electrons. The van der Waals surface area contributed by atoms with Gasteiger partial charge in [0.2, 0.25) is 0 Å². The lowest BCUT2D eigenvalue weighted by Gasteiger charge is -2.53. The van der Waals surface area contributed by atoms with E-state index in [-0.39, 0.29) is 23.7 Å². The van der Waals surface area contributed by atoms with Gasteiger partial charge in [-0.1, -0.05) is 64.1 Å². The summed E-state index contributed by atoms with van der Waals surface area (Å²) in [6.45, 7) is 20.3. The molecule has 1 aromatic rings. The van der Waals surface area contributed by atoms with Crippen molar-refractivity contribution in [1.29, 1.82) is 0 Å². The van der Waals surface area contributed by atoms with Gasteiger partial charge in [-0.2, -0.15) is 0 Å². The lowest BCUT2D eigenvalue weighted by Crippen LogP contribution is -2.63. The van der Waals surface area contributed by atoms with Crippen LogP contribution in [0.3, 0.4) is 0 Å². The molecule has 0 bridgehead atoms. The van der Waals surface area contributed by atoms with E-state index in [1.54, 1.807) is 6.08 Å². The van der Waals surface area contributed by atoms with Crippen LogP contribution in [0, 0.1) is 11.8 Å². The first-order valence-corrected chi connectivity index (χ1v) is 14.9. The molecule has 1 saturated carbocycles. The quantitative estimate of drug-likeness (QED) is 0.252. The molecule has 6 nitrogen and oxygen atoms in total. The van der Waals surface area contributed by atoms with E-state index in [2.05, 4.69) is 47.4 Å². The van der Waals surface area contributed by atoms with E-state index in [0.29, 0.717) is 13.0 Å². The second kappa shape index (κ2) is 11.2. The Kier molecular flexibility index (Phi) is 9.30. The predicted octanol–water partition coefficient (Wildman–Crippen LogP) is 5.67. The largest absolute Gasteiger partial charge is 0.462 e. The molecule has 5 atom stereocenters. The molecule has 0 unspecified atom stereocenters. The van der Waals surface area contributed by atoms with Crippen LogP contribution in [0.25, 0.3) is 0 Å². The number of rotatable bonds is 9. The van der Waals surface area contributed by atoms with Crippen molar-refractivity contribution < 1.29 is 28.2 Å².